The monoisotopic (exact) mass is 280 g/mol. The third kappa shape index (κ3) is 1.36. The number of carboxylic acid groups (broad SMARTS) is 2. The highest BCUT2D eigenvalue weighted by molar-refractivity contribution is 5.88. The molecule has 5 heteroatoms. The Labute approximate surface area is 117 Å². The third-order valence-corrected chi connectivity index (χ3v) is 6.20. The van der Waals surface area contributed by atoms with E-state index in [0.29, 0.717) is 12.8 Å². The molecule has 20 heavy (non-hydrogen) atoms. The van der Waals surface area contributed by atoms with Gasteiger partial charge in [0.1, 0.15) is 0 Å². The van der Waals surface area contributed by atoms with Gasteiger partial charge in [-0.25, -0.2) is 4.79 Å². The molecule has 2 saturated carbocycles. The number of hydrogen-bond acceptors (Lipinski definition) is 3. The van der Waals surface area contributed by atoms with E-state index in [1.807, 2.05) is 13.8 Å². The smallest absolute Gasteiger partial charge is 0.331 e. The van der Waals surface area contributed by atoms with Crippen molar-refractivity contribution in [2.45, 2.75) is 39.2 Å². The first kappa shape index (κ1) is 13.6. The molecule has 0 aliphatic heterocycles. The van der Waals surface area contributed by atoms with Gasteiger partial charge in [0.25, 0.3) is 0 Å². The zero-order valence-electron chi connectivity index (χ0n) is 11.7. The van der Waals surface area contributed by atoms with Gasteiger partial charge in [0.2, 0.25) is 0 Å². The first-order valence-corrected chi connectivity index (χ1v) is 7.08. The molecule has 3 N–H and O–H groups in total. The van der Waals surface area contributed by atoms with Crippen molar-refractivity contribution in [3.05, 3.63) is 11.6 Å². The molecule has 110 valence electrons. The van der Waals surface area contributed by atoms with Gasteiger partial charge in [0.15, 0.2) is 0 Å². The topological polar surface area (TPSA) is 94.8 Å². The van der Waals surface area contributed by atoms with E-state index in [2.05, 4.69) is 0 Å². The Morgan fingerprint density at radius 3 is 2.45 bits per heavy atom. The fourth-order valence-electron chi connectivity index (χ4n) is 5.38. The average Bonchev–Trinajstić information content (AvgIpc) is 2.79. The van der Waals surface area contributed by atoms with Gasteiger partial charge in [0, 0.05) is 11.0 Å². The largest absolute Gasteiger partial charge is 0.481 e. The van der Waals surface area contributed by atoms with Gasteiger partial charge < -0.3 is 15.3 Å². The van der Waals surface area contributed by atoms with Crippen LogP contribution in [0.2, 0.25) is 0 Å². The fourth-order valence-corrected chi connectivity index (χ4v) is 5.38. The van der Waals surface area contributed by atoms with Gasteiger partial charge in [0.05, 0.1) is 12.0 Å². The molecule has 5 nitrogen and oxygen atoms in total. The Morgan fingerprint density at radius 2 is 1.90 bits per heavy atom. The summed E-state index contributed by atoms with van der Waals surface area (Å²) < 4.78 is 0. The first-order valence-electron chi connectivity index (χ1n) is 7.08. The zero-order valence-corrected chi connectivity index (χ0v) is 11.7. The normalized spacial score (nSPS) is 44.9. The van der Waals surface area contributed by atoms with Crippen LogP contribution in [-0.4, -0.2) is 33.4 Å². The van der Waals surface area contributed by atoms with Crippen LogP contribution in [0.25, 0.3) is 0 Å². The Bertz CT molecular complexity index is 520. The lowest BCUT2D eigenvalue weighted by atomic mass is 9.65. The lowest BCUT2D eigenvalue weighted by Crippen LogP contribution is -2.45. The first-order chi connectivity index (χ1) is 9.22. The van der Waals surface area contributed by atoms with Crippen LogP contribution in [0.3, 0.4) is 0 Å². The number of aliphatic hydroxyl groups excluding tert-OH is 1. The predicted octanol–water partition coefficient (Wildman–Crippen LogP) is 1.52. The minimum absolute atomic E-state index is 0.0594. The van der Waals surface area contributed by atoms with Crippen molar-refractivity contribution >= 4 is 11.9 Å². The van der Waals surface area contributed by atoms with Gasteiger partial charge in [-0.2, -0.15) is 0 Å². The summed E-state index contributed by atoms with van der Waals surface area (Å²) in [4.78, 5) is 23.0. The summed E-state index contributed by atoms with van der Waals surface area (Å²) in [5.41, 5.74) is -0.711. The Kier molecular flexibility index (Phi) is 2.62. The molecule has 0 saturated heterocycles. The van der Waals surface area contributed by atoms with E-state index >= 15 is 0 Å². The SMILES string of the molecule is CC1(C)[C@H]2C[C@]3([C@@H](O)C=C2C(=O)O)[C@H](C(=O)O)CC[C@@H]13. The minimum atomic E-state index is -0.996. The number of carboxylic acids is 2. The van der Waals surface area contributed by atoms with Crippen molar-refractivity contribution in [3.8, 4) is 0 Å². The molecular weight excluding hydrogens is 260 g/mol. The summed E-state index contributed by atoms with van der Waals surface area (Å²) >= 11 is 0. The molecule has 0 heterocycles. The maximum absolute atomic E-state index is 11.6. The van der Waals surface area contributed by atoms with E-state index in [1.54, 1.807) is 0 Å². The molecule has 0 aromatic carbocycles. The van der Waals surface area contributed by atoms with Gasteiger partial charge in [-0.15, -0.1) is 0 Å². The standard InChI is InChI=1S/C15H20O5/c1-14(2)9-6-15(11(16)5-7(9)12(17)18)8(13(19)20)3-4-10(14)15/h5,8-11,16H,3-4,6H2,1-2H3,(H,17,18)(H,19,20)/t8-,9-,10-,11-,15-/m0/s1. The van der Waals surface area contributed by atoms with E-state index in [4.69, 9.17) is 0 Å². The van der Waals surface area contributed by atoms with E-state index in [-0.39, 0.29) is 22.8 Å². The van der Waals surface area contributed by atoms with Gasteiger partial charge in [-0.1, -0.05) is 13.8 Å². The quantitative estimate of drug-likeness (QED) is 0.712. The zero-order chi connectivity index (χ0) is 14.9. The van der Waals surface area contributed by atoms with Gasteiger partial charge >= 0.3 is 11.9 Å². The van der Waals surface area contributed by atoms with Crippen LogP contribution >= 0.6 is 0 Å². The molecule has 5 atom stereocenters. The molecule has 0 aromatic rings. The van der Waals surface area contributed by atoms with E-state index in [1.165, 1.54) is 6.08 Å². The van der Waals surface area contributed by atoms with Crippen LogP contribution in [0, 0.1) is 28.6 Å². The highest BCUT2D eigenvalue weighted by atomic mass is 16.4. The lowest BCUT2D eigenvalue weighted by Gasteiger charge is -2.40. The molecule has 3 aliphatic carbocycles. The van der Waals surface area contributed by atoms with Crippen molar-refractivity contribution in [2.75, 3.05) is 0 Å². The van der Waals surface area contributed by atoms with Crippen molar-refractivity contribution in [1.82, 2.24) is 0 Å². The molecule has 3 aliphatic rings. The molecular formula is C15H20O5. The van der Waals surface area contributed by atoms with Crippen LogP contribution in [0.1, 0.15) is 33.1 Å². The number of fused-ring (bicyclic) bond motifs is 1. The summed E-state index contributed by atoms with van der Waals surface area (Å²) in [6, 6.07) is 0. The Morgan fingerprint density at radius 1 is 1.25 bits per heavy atom. The second kappa shape index (κ2) is 3.85. The average molecular weight is 280 g/mol. The van der Waals surface area contributed by atoms with Crippen LogP contribution in [0.15, 0.2) is 11.6 Å². The van der Waals surface area contributed by atoms with Crippen molar-refractivity contribution in [2.24, 2.45) is 28.6 Å². The molecule has 3 rings (SSSR count). The lowest BCUT2D eigenvalue weighted by molar-refractivity contribution is -0.149. The van der Waals surface area contributed by atoms with Crippen molar-refractivity contribution in [1.29, 1.82) is 0 Å². The van der Waals surface area contributed by atoms with Crippen molar-refractivity contribution in [3.63, 3.8) is 0 Å². The molecule has 0 unspecified atom stereocenters. The second-order valence-corrected chi connectivity index (χ2v) is 7.08. The summed E-state index contributed by atoms with van der Waals surface area (Å²) in [5, 5.41) is 29.4. The minimum Gasteiger partial charge on any atom is -0.481 e. The van der Waals surface area contributed by atoms with Gasteiger partial charge in [-0.05, 0) is 42.6 Å². The van der Waals surface area contributed by atoms with Crippen molar-refractivity contribution < 1.29 is 24.9 Å². The molecule has 0 radical (unpaired) electrons. The number of carbonyl (C=O) groups is 2. The highest BCUT2D eigenvalue weighted by Gasteiger charge is 2.70. The summed E-state index contributed by atoms with van der Waals surface area (Å²) in [5.74, 6) is -2.54. The Balaban J connectivity index is 2.16. The summed E-state index contributed by atoms with van der Waals surface area (Å²) in [7, 11) is 0. The summed E-state index contributed by atoms with van der Waals surface area (Å²) in [6.45, 7) is 4.03. The van der Waals surface area contributed by atoms with E-state index in [0.717, 1.165) is 6.42 Å². The van der Waals surface area contributed by atoms with Gasteiger partial charge in [-0.3, -0.25) is 4.79 Å². The van der Waals surface area contributed by atoms with E-state index < -0.39 is 29.4 Å². The van der Waals surface area contributed by atoms with Crippen LogP contribution in [0.5, 0.6) is 0 Å². The van der Waals surface area contributed by atoms with Crippen LogP contribution in [-0.2, 0) is 9.59 Å². The molecule has 2 fully saturated rings. The molecule has 1 spiro atoms. The predicted molar refractivity (Wildman–Crippen MR) is 69.9 cm³/mol. The van der Waals surface area contributed by atoms with Crippen LogP contribution in [0.4, 0.5) is 0 Å². The molecule has 0 amide bonds. The molecule has 2 bridgehead atoms. The number of aliphatic hydroxyl groups is 1. The number of rotatable bonds is 2. The molecule has 0 aromatic heterocycles. The second-order valence-electron chi connectivity index (χ2n) is 7.08. The number of aliphatic carboxylic acids is 2. The third-order valence-electron chi connectivity index (χ3n) is 6.20. The number of hydrogen-bond donors (Lipinski definition) is 3. The van der Waals surface area contributed by atoms with E-state index in [9.17, 15) is 24.9 Å². The fraction of sp³-hybridized carbons (Fsp3) is 0.733. The summed E-state index contributed by atoms with van der Waals surface area (Å²) in [6.07, 6.45) is 2.22. The Hall–Kier alpha value is -1.36. The highest BCUT2D eigenvalue weighted by Crippen LogP contribution is 2.71. The van der Waals surface area contributed by atoms with Crippen LogP contribution < -0.4 is 0 Å². The maximum atomic E-state index is 11.6. The maximum Gasteiger partial charge on any atom is 0.331 e.